The van der Waals surface area contributed by atoms with E-state index in [9.17, 15) is 14.4 Å². The van der Waals surface area contributed by atoms with Crippen LogP contribution in [0.3, 0.4) is 0 Å². The predicted octanol–water partition coefficient (Wildman–Crippen LogP) is -0.602. The maximum Gasteiger partial charge on any atom is 0.332 e. The quantitative estimate of drug-likeness (QED) is 0.771. The van der Waals surface area contributed by atoms with Gasteiger partial charge in [-0.2, -0.15) is 0 Å². The predicted molar refractivity (Wildman–Crippen MR) is 87.6 cm³/mol. The first-order chi connectivity index (χ1) is 11.0. The Hall–Kier alpha value is -2.25. The molecule has 0 aromatic carbocycles. The van der Waals surface area contributed by atoms with Crippen molar-refractivity contribution in [2.24, 2.45) is 7.05 Å². The van der Waals surface area contributed by atoms with Gasteiger partial charge in [0.2, 0.25) is 5.91 Å². The third-order valence-electron chi connectivity index (χ3n) is 4.49. The Morgan fingerprint density at radius 3 is 2.48 bits per heavy atom. The second-order valence-corrected chi connectivity index (χ2v) is 6.36. The van der Waals surface area contributed by atoms with Gasteiger partial charge in [-0.25, -0.2) is 9.36 Å². The van der Waals surface area contributed by atoms with Crippen molar-refractivity contribution in [1.82, 2.24) is 14.5 Å². The van der Waals surface area contributed by atoms with Crippen molar-refractivity contribution in [3.8, 4) is 0 Å². The SMILES string of the molecule is Cn1c(N)c(N2CCCCC2)c(=O)n(CC(=O)NC2CC2)c1=O. The third-order valence-corrected chi connectivity index (χ3v) is 4.49. The molecule has 3 N–H and O–H groups in total. The summed E-state index contributed by atoms with van der Waals surface area (Å²) in [6, 6.07) is 0.192. The molecule has 0 bridgehead atoms. The summed E-state index contributed by atoms with van der Waals surface area (Å²) in [7, 11) is 1.53. The zero-order valence-corrected chi connectivity index (χ0v) is 13.4. The second kappa shape index (κ2) is 6.10. The molecule has 8 heteroatoms. The van der Waals surface area contributed by atoms with Crippen LogP contribution in [0, 0.1) is 0 Å². The van der Waals surface area contributed by atoms with Crippen LogP contribution in [0.5, 0.6) is 0 Å². The fourth-order valence-corrected chi connectivity index (χ4v) is 2.97. The molecular weight excluding hydrogens is 298 g/mol. The molecule has 1 aromatic heterocycles. The molecule has 1 saturated carbocycles. The fourth-order valence-electron chi connectivity index (χ4n) is 2.97. The number of carbonyl (C=O) groups excluding carboxylic acids is 1. The normalized spacial score (nSPS) is 18.0. The van der Waals surface area contributed by atoms with E-state index in [2.05, 4.69) is 5.32 Å². The molecule has 0 atom stereocenters. The molecule has 126 valence electrons. The summed E-state index contributed by atoms with van der Waals surface area (Å²) in [5.41, 5.74) is 5.32. The summed E-state index contributed by atoms with van der Waals surface area (Å²) in [5, 5.41) is 2.80. The standard InChI is InChI=1S/C15H23N5O3/c1-18-13(16)12(19-7-3-2-4-8-19)14(22)20(15(18)23)9-11(21)17-10-5-6-10/h10H,2-9,16H2,1H3,(H,17,21). The van der Waals surface area contributed by atoms with E-state index in [-0.39, 0.29) is 24.3 Å². The fraction of sp³-hybridized carbons (Fsp3) is 0.667. The van der Waals surface area contributed by atoms with Gasteiger partial charge in [0.05, 0.1) is 0 Å². The van der Waals surface area contributed by atoms with E-state index in [1.807, 2.05) is 4.90 Å². The van der Waals surface area contributed by atoms with E-state index in [4.69, 9.17) is 5.73 Å². The first-order valence-electron chi connectivity index (χ1n) is 8.12. The Morgan fingerprint density at radius 2 is 1.87 bits per heavy atom. The Bertz CT molecular complexity index is 726. The Labute approximate surface area is 133 Å². The molecule has 2 aliphatic rings. The molecule has 1 amide bonds. The summed E-state index contributed by atoms with van der Waals surface area (Å²) in [4.78, 5) is 39.0. The van der Waals surface area contributed by atoms with Gasteiger partial charge in [-0.3, -0.25) is 14.2 Å². The van der Waals surface area contributed by atoms with E-state index in [0.717, 1.165) is 49.8 Å². The minimum absolute atomic E-state index is 0.167. The first kappa shape index (κ1) is 15.6. The number of nitrogens with zero attached hydrogens (tertiary/aromatic N) is 3. The van der Waals surface area contributed by atoms with Crippen molar-refractivity contribution < 1.29 is 4.79 Å². The number of piperidine rings is 1. The van der Waals surface area contributed by atoms with Crippen molar-refractivity contribution in [2.75, 3.05) is 23.7 Å². The highest BCUT2D eigenvalue weighted by Gasteiger charge is 2.26. The number of nitrogens with two attached hydrogens (primary N) is 1. The van der Waals surface area contributed by atoms with Crippen LogP contribution in [0.1, 0.15) is 32.1 Å². The van der Waals surface area contributed by atoms with E-state index < -0.39 is 11.2 Å². The monoisotopic (exact) mass is 321 g/mol. The van der Waals surface area contributed by atoms with E-state index in [1.54, 1.807) is 0 Å². The maximum absolute atomic E-state index is 12.7. The molecule has 8 nitrogen and oxygen atoms in total. The van der Waals surface area contributed by atoms with Gasteiger partial charge < -0.3 is 16.0 Å². The van der Waals surface area contributed by atoms with Gasteiger partial charge in [-0.15, -0.1) is 0 Å². The van der Waals surface area contributed by atoms with Gasteiger partial charge in [0.25, 0.3) is 5.56 Å². The molecule has 1 aromatic rings. The third kappa shape index (κ3) is 3.11. The summed E-state index contributed by atoms with van der Waals surface area (Å²) in [6.07, 6.45) is 5.02. The molecule has 1 aliphatic heterocycles. The molecule has 0 spiro atoms. The van der Waals surface area contributed by atoms with Crippen LogP contribution in [-0.4, -0.2) is 34.2 Å². The lowest BCUT2D eigenvalue weighted by Gasteiger charge is -2.29. The second-order valence-electron chi connectivity index (χ2n) is 6.36. The molecule has 1 aliphatic carbocycles. The summed E-state index contributed by atoms with van der Waals surface area (Å²) in [6.45, 7) is 1.22. The lowest BCUT2D eigenvalue weighted by atomic mass is 10.1. The Kier molecular flexibility index (Phi) is 4.14. The molecular formula is C15H23N5O3. The van der Waals surface area contributed by atoms with Crippen LogP contribution in [-0.2, 0) is 18.4 Å². The van der Waals surface area contributed by atoms with Crippen molar-refractivity contribution in [2.45, 2.75) is 44.7 Å². The first-order valence-corrected chi connectivity index (χ1v) is 8.12. The van der Waals surface area contributed by atoms with Crippen LogP contribution in [0.4, 0.5) is 11.5 Å². The van der Waals surface area contributed by atoms with Crippen LogP contribution < -0.4 is 27.2 Å². The summed E-state index contributed by atoms with van der Waals surface area (Å²) < 4.78 is 2.23. The average molecular weight is 321 g/mol. The smallest absolute Gasteiger partial charge is 0.332 e. The highest BCUT2D eigenvalue weighted by Crippen LogP contribution is 2.21. The molecule has 3 rings (SSSR count). The van der Waals surface area contributed by atoms with Gasteiger partial charge in [0.1, 0.15) is 18.1 Å². The van der Waals surface area contributed by atoms with Crippen LogP contribution in [0.2, 0.25) is 0 Å². The number of carbonyl (C=O) groups is 1. The molecule has 23 heavy (non-hydrogen) atoms. The van der Waals surface area contributed by atoms with Crippen molar-refractivity contribution in [3.63, 3.8) is 0 Å². The number of hydrogen-bond donors (Lipinski definition) is 2. The average Bonchev–Trinajstić information content (AvgIpc) is 3.35. The summed E-state index contributed by atoms with van der Waals surface area (Å²) in [5.74, 6) is -0.137. The molecule has 0 unspecified atom stereocenters. The minimum atomic E-state index is -0.556. The number of hydrogen-bond acceptors (Lipinski definition) is 5. The van der Waals surface area contributed by atoms with Gasteiger partial charge in [0, 0.05) is 26.2 Å². The van der Waals surface area contributed by atoms with Gasteiger partial charge in [-0.05, 0) is 32.1 Å². The van der Waals surface area contributed by atoms with E-state index >= 15 is 0 Å². The van der Waals surface area contributed by atoms with Crippen molar-refractivity contribution in [3.05, 3.63) is 20.8 Å². The van der Waals surface area contributed by atoms with Crippen LogP contribution >= 0.6 is 0 Å². The maximum atomic E-state index is 12.7. The molecule has 2 heterocycles. The number of rotatable bonds is 4. The topological polar surface area (TPSA) is 102 Å². The number of aromatic nitrogens is 2. The van der Waals surface area contributed by atoms with Gasteiger partial charge in [-0.1, -0.05) is 0 Å². The van der Waals surface area contributed by atoms with Gasteiger partial charge in [0.15, 0.2) is 0 Å². The Morgan fingerprint density at radius 1 is 1.22 bits per heavy atom. The zero-order chi connectivity index (χ0) is 16.6. The number of nitrogen functional groups attached to an aromatic ring is 1. The largest absolute Gasteiger partial charge is 0.383 e. The number of anilines is 2. The lowest BCUT2D eigenvalue weighted by molar-refractivity contribution is -0.121. The number of amides is 1. The minimum Gasteiger partial charge on any atom is -0.383 e. The van der Waals surface area contributed by atoms with Crippen molar-refractivity contribution >= 4 is 17.4 Å². The molecule has 1 saturated heterocycles. The lowest BCUT2D eigenvalue weighted by Crippen LogP contribution is -2.47. The zero-order valence-electron chi connectivity index (χ0n) is 13.4. The van der Waals surface area contributed by atoms with E-state index in [0.29, 0.717) is 5.69 Å². The highest BCUT2D eigenvalue weighted by atomic mass is 16.2. The van der Waals surface area contributed by atoms with Gasteiger partial charge >= 0.3 is 5.69 Å². The Balaban J connectivity index is 1.97. The molecule has 2 fully saturated rings. The van der Waals surface area contributed by atoms with Crippen molar-refractivity contribution in [1.29, 1.82) is 0 Å². The highest BCUT2D eigenvalue weighted by molar-refractivity contribution is 5.76. The van der Waals surface area contributed by atoms with E-state index in [1.165, 1.54) is 11.6 Å². The summed E-state index contributed by atoms with van der Waals surface area (Å²) >= 11 is 0. The van der Waals surface area contributed by atoms with Crippen LogP contribution in [0.25, 0.3) is 0 Å². The number of nitrogens with one attached hydrogen (secondary N) is 1. The molecule has 0 radical (unpaired) electrons. The van der Waals surface area contributed by atoms with Crippen LogP contribution in [0.15, 0.2) is 9.59 Å².